The number of hydrogen-bond acceptors (Lipinski definition) is 4. The average molecular weight is 637 g/mol. The Balaban J connectivity index is 0.000000816. The van der Waals surface area contributed by atoms with E-state index in [2.05, 4.69) is 13.8 Å². The molecule has 0 heterocycles. The molecular weight excluding hydrogens is 577 g/mol. The van der Waals surface area contributed by atoms with Crippen LogP contribution >= 0.6 is 0 Å². The van der Waals surface area contributed by atoms with Gasteiger partial charge < -0.3 is 9.47 Å². The van der Waals surface area contributed by atoms with Crippen LogP contribution in [0.25, 0.3) is 0 Å². The van der Waals surface area contributed by atoms with Crippen molar-refractivity contribution >= 4 is 11.6 Å². The molecule has 0 saturated heterocycles. The van der Waals surface area contributed by atoms with Crippen molar-refractivity contribution in [3.05, 3.63) is 58.9 Å². The van der Waals surface area contributed by atoms with Crippen molar-refractivity contribution < 1.29 is 32.2 Å². The van der Waals surface area contributed by atoms with E-state index in [1.165, 1.54) is 12.1 Å². The molecule has 256 valence electrons. The number of benzene rings is 2. The molecule has 0 radical (unpaired) electrons. The highest BCUT2D eigenvalue weighted by Gasteiger charge is 2.13. The van der Waals surface area contributed by atoms with Crippen LogP contribution < -0.4 is 9.47 Å². The van der Waals surface area contributed by atoms with Crippen LogP contribution in [-0.2, 0) is 22.4 Å². The van der Waals surface area contributed by atoms with Crippen LogP contribution in [0.1, 0.15) is 125 Å². The van der Waals surface area contributed by atoms with E-state index < -0.39 is 11.6 Å². The minimum absolute atomic E-state index is 0.0247. The average Bonchev–Trinajstić information content (AvgIpc) is 3.00. The van der Waals surface area contributed by atoms with E-state index in [1.54, 1.807) is 12.1 Å². The number of hydrogen-bond donors (Lipinski definition) is 0. The Morgan fingerprint density at radius 2 is 1.29 bits per heavy atom. The smallest absolute Gasteiger partial charge is 0.168 e. The Bertz CT molecular complexity index is 1110. The zero-order valence-corrected chi connectivity index (χ0v) is 29.4. The van der Waals surface area contributed by atoms with Crippen LogP contribution in [0, 0.1) is 35.2 Å². The fourth-order valence-electron chi connectivity index (χ4n) is 4.15. The fraction of sp³-hybridized carbons (Fsp3) is 0.632. The highest BCUT2D eigenvalue weighted by molar-refractivity contribution is 5.80. The summed E-state index contributed by atoms with van der Waals surface area (Å²) in [6, 6.07) is 7.26. The minimum Gasteiger partial charge on any atom is -0.493 e. The molecule has 0 fully saturated rings. The number of unbranched alkanes of at least 4 members (excludes halogenated alkanes) is 3. The van der Waals surface area contributed by atoms with Crippen LogP contribution in [0.15, 0.2) is 30.3 Å². The third kappa shape index (κ3) is 19.3. The van der Waals surface area contributed by atoms with Gasteiger partial charge in [-0.15, -0.1) is 0 Å². The van der Waals surface area contributed by atoms with E-state index in [4.69, 9.17) is 9.47 Å². The molecule has 0 N–H and O–H groups in total. The van der Waals surface area contributed by atoms with Gasteiger partial charge in [-0.2, -0.15) is 0 Å². The molecule has 4 nitrogen and oxygen atoms in total. The molecule has 2 aromatic carbocycles. The number of rotatable bonds is 19. The molecular formula is C38H59F3O4. The Kier molecular flexibility index (Phi) is 22.9. The van der Waals surface area contributed by atoms with Gasteiger partial charge in [0.05, 0.1) is 13.2 Å². The summed E-state index contributed by atoms with van der Waals surface area (Å²) in [6.07, 6.45) is 6.89. The highest BCUT2D eigenvalue weighted by Crippen LogP contribution is 2.25. The molecule has 0 aromatic heterocycles. The van der Waals surface area contributed by atoms with Crippen molar-refractivity contribution in [2.75, 3.05) is 13.2 Å². The summed E-state index contributed by atoms with van der Waals surface area (Å²) in [5.41, 5.74) is 1.02. The Morgan fingerprint density at radius 1 is 0.711 bits per heavy atom. The third-order valence-electron chi connectivity index (χ3n) is 6.81. The second-order valence-electron chi connectivity index (χ2n) is 12.3. The van der Waals surface area contributed by atoms with Gasteiger partial charge >= 0.3 is 0 Å². The fourth-order valence-corrected chi connectivity index (χ4v) is 4.15. The lowest BCUT2D eigenvalue weighted by Gasteiger charge is -2.12. The van der Waals surface area contributed by atoms with Gasteiger partial charge in [0.1, 0.15) is 29.0 Å². The molecule has 0 aliphatic carbocycles. The lowest BCUT2D eigenvalue weighted by molar-refractivity contribution is -0.122. The van der Waals surface area contributed by atoms with Crippen molar-refractivity contribution in [1.29, 1.82) is 0 Å². The van der Waals surface area contributed by atoms with E-state index >= 15 is 0 Å². The van der Waals surface area contributed by atoms with Crippen LogP contribution in [0.4, 0.5) is 13.2 Å². The molecule has 45 heavy (non-hydrogen) atoms. The number of halogens is 3. The van der Waals surface area contributed by atoms with Gasteiger partial charge in [0.25, 0.3) is 0 Å². The van der Waals surface area contributed by atoms with Gasteiger partial charge in [0, 0.05) is 31.2 Å². The van der Waals surface area contributed by atoms with Gasteiger partial charge in [0.15, 0.2) is 11.6 Å². The zero-order chi connectivity index (χ0) is 34.4. The standard InChI is InChI=1S/C19H29FO2.C17H24F2O2.C2H6/c1-14(2)13-22-17-10-11-18(20)16(12-17)8-6-5-7-9-19(21)15(3)4;1-4-15(20)8-6-5-7-13-9-14(18)10-16(17(13)19)21-11-12(2)3;1-2/h10-12,14-15H,5-9,13H2,1-4H3;9-10,12H,4-8,11H2,1-3H3;1-2H3. The van der Waals surface area contributed by atoms with Gasteiger partial charge in [-0.1, -0.05) is 68.7 Å². The van der Waals surface area contributed by atoms with E-state index in [0.29, 0.717) is 81.0 Å². The van der Waals surface area contributed by atoms with E-state index in [9.17, 15) is 22.8 Å². The summed E-state index contributed by atoms with van der Waals surface area (Å²) >= 11 is 0. The molecule has 0 aliphatic heterocycles. The first-order valence-electron chi connectivity index (χ1n) is 16.9. The van der Waals surface area contributed by atoms with Crippen LogP contribution in [0.3, 0.4) is 0 Å². The van der Waals surface area contributed by atoms with Crippen molar-refractivity contribution in [3.8, 4) is 11.5 Å². The predicted molar refractivity (Wildman–Crippen MR) is 180 cm³/mol. The van der Waals surface area contributed by atoms with Crippen LogP contribution in [-0.4, -0.2) is 24.8 Å². The third-order valence-corrected chi connectivity index (χ3v) is 6.81. The Morgan fingerprint density at radius 3 is 1.89 bits per heavy atom. The van der Waals surface area contributed by atoms with Crippen molar-refractivity contribution in [2.45, 2.75) is 127 Å². The molecule has 2 rings (SSSR count). The SMILES string of the molecule is CC.CC(C)COc1ccc(F)c(CCCCCC(=O)C(C)C)c1.CCC(=O)CCCCc1cc(F)cc(OCC(C)C)c1F. The number of carbonyl (C=O) groups is 2. The maximum Gasteiger partial charge on any atom is 0.168 e. The van der Waals surface area contributed by atoms with Gasteiger partial charge in [-0.25, -0.2) is 13.2 Å². The van der Waals surface area contributed by atoms with Gasteiger partial charge in [0.2, 0.25) is 0 Å². The maximum absolute atomic E-state index is 14.2. The summed E-state index contributed by atoms with van der Waals surface area (Å²) < 4.78 is 52.5. The number of ketones is 2. The number of aryl methyl sites for hydroxylation is 2. The van der Waals surface area contributed by atoms with Crippen LogP contribution in [0.5, 0.6) is 11.5 Å². The first-order valence-corrected chi connectivity index (χ1v) is 16.9. The second kappa shape index (κ2) is 24.4. The highest BCUT2D eigenvalue weighted by atomic mass is 19.1. The predicted octanol–water partition coefficient (Wildman–Crippen LogP) is 10.9. The molecule has 2 aromatic rings. The summed E-state index contributed by atoms with van der Waals surface area (Å²) in [7, 11) is 0. The first-order chi connectivity index (χ1) is 21.3. The molecule has 0 saturated carbocycles. The molecule has 0 unspecified atom stereocenters. The van der Waals surface area contributed by atoms with E-state index in [1.807, 2.05) is 48.5 Å². The van der Waals surface area contributed by atoms with Crippen molar-refractivity contribution in [2.24, 2.45) is 17.8 Å². The molecule has 0 bridgehead atoms. The Labute approximate surface area is 271 Å². The summed E-state index contributed by atoms with van der Waals surface area (Å²) in [5, 5.41) is 0. The summed E-state index contributed by atoms with van der Waals surface area (Å²) in [5.74, 6) is 0.897. The first kappa shape index (κ1) is 42.2. The van der Waals surface area contributed by atoms with Gasteiger partial charge in [-0.05, 0) is 85.8 Å². The molecule has 0 spiro atoms. The second-order valence-corrected chi connectivity index (χ2v) is 12.3. The number of ether oxygens (including phenoxy) is 2. The topological polar surface area (TPSA) is 52.6 Å². The number of carbonyl (C=O) groups excluding carboxylic acids is 2. The molecule has 0 atom stereocenters. The summed E-state index contributed by atoms with van der Waals surface area (Å²) in [6.45, 7) is 18.7. The molecule has 7 heteroatoms. The maximum atomic E-state index is 14.2. The summed E-state index contributed by atoms with van der Waals surface area (Å²) in [4.78, 5) is 22.7. The van der Waals surface area contributed by atoms with Crippen molar-refractivity contribution in [1.82, 2.24) is 0 Å². The van der Waals surface area contributed by atoms with Gasteiger partial charge in [-0.3, -0.25) is 9.59 Å². The largest absolute Gasteiger partial charge is 0.493 e. The number of Topliss-reactive ketones (excluding diaryl/α,β-unsaturated/α-hetero) is 2. The lowest BCUT2D eigenvalue weighted by atomic mass is 10.0. The zero-order valence-electron chi connectivity index (χ0n) is 29.4. The van der Waals surface area contributed by atoms with Crippen molar-refractivity contribution in [3.63, 3.8) is 0 Å². The minimum atomic E-state index is -0.491. The molecule has 0 amide bonds. The molecule has 0 aliphatic rings. The van der Waals surface area contributed by atoms with E-state index in [0.717, 1.165) is 31.1 Å². The lowest BCUT2D eigenvalue weighted by Crippen LogP contribution is -2.07. The normalized spacial score (nSPS) is 10.7. The monoisotopic (exact) mass is 636 g/mol. The van der Waals surface area contributed by atoms with E-state index in [-0.39, 0.29) is 29.2 Å². The quantitative estimate of drug-likeness (QED) is 0.144. The van der Waals surface area contributed by atoms with Crippen LogP contribution in [0.2, 0.25) is 0 Å². The Hall–Kier alpha value is -2.83.